The SMILES string of the molecule is CCCCC(CC)C(Cl)c1ccc(OCC)cc1Br. The number of alkyl halides is 1. The number of unbranched alkanes of at least 4 members (excludes halogenated alkanes) is 1. The molecule has 1 aromatic carbocycles. The topological polar surface area (TPSA) is 9.23 Å². The van der Waals surface area contributed by atoms with E-state index in [1.807, 2.05) is 19.1 Å². The molecule has 3 heteroatoms. The van der Waals surface area contributed by atoms with Crippen LogP contribution in [0.1, 0.15) is 57.4 Å². The zero-order valence-corrected chi connectivity index (χ0v) is 14.4. The van der Waals surface area contributed by atoms with Crippen LogP contribution in [0.5, 0.6) is 5.75 Å². The monoisotopic (exact) mass is 346 g/mol. The van der Waals surface area contributed by atoms with Gasteiger partial charge in [0.15, 0.2) is 0 Å². The summed E-state index contributed by atoms with van der Waals surface area (Å²) in [7, 11) is 0. The molecular weight excluding hydrogens is 324 g/mol. The van der Waals surface area contributed by atoms with Gasteiger partial charge in [-0.2, -0.15) is 0 Å². The van der Waals surface area contributed by atoms with Crippen molar-refractivity contribution in [2.45, 2.75) is 51.8 Å². The zero-order valence-electron chi connectivity index (χ0n) is 12.1. The van der Waals surface area contributed by atoms with Crippen molar-refractivity contribution in [3.8, 4) is 5.75 Å². The molecule has 2 atom stereocenters. The summed E-state index contributed by atoms with van der Waals surface area (Å²) in [5, 5.41) is 0.0709. The van der Waals surface area contributed by atoms with Gasteiger partial charge >= 0.3 is 0 Å². The lowest BCUT2D eigenvalue weighted by Crippen LogP contribution is -2.08. The van der Waals surface area contributed by atoms with Gasteiger partial charge in [-0.1, -0.05) is 55.1 Å². The predicted molar refractivity (Wildman–Crippen MR) is 87.2 cm³/mol. The molecule has 0 radical (unpaired) electrons. The second kappa shape index (κ2) is 8.86. The Kier molecular flexibility index (Phi) is 7.86. The van der Waals surface area contributed by atoms with Gasteiger partial charge < -0.3 is 4.74 Å². The van der Waals surface area contributed by atoms with E-state index in [0.717, 1.165) is 16.6 Å². The highest BCUT2D eigenvalue weighted by molar-refractivity contribution is 9.10. The van der Waals surface area contributed by atoms with Gasteiger partial charge in [0.2, 0.25) is 0 Å². The van der Waals surface area contributed by atoms with Crippen LogP contribution < -0.4 is 4.74 Å². The number of benzene rings is 1. The van der Waals surface area contributed by atoms with Crippen LogP contribution >= 0.6 is 27.5 Å². The first-order chi connectivity index (χ1) is 9.13. The fourth-order valence-corrected chi connectivity index (χ4v) is 3.50. The highest BCUT2D eigenvalue weighted by Gasteiger charge is 2.21. The highest BCUT2D eigenvalue weighted by Crippen LogP contribution is 2.39. The van der Waals surface area contributed by atoms with E-state index in [4.69, 9.17) is 16.3 Å². The molecule has 0 fully saturated rings. The molecule has 1 rings (SSSR count). The van der Waals surface area contributed by atoms with Crippen LogP contribution in [0.15, 0.2) is 22.7 Å². The van der Waals surface area contributed by atoms with Crippen molar-refractivity contribution in [2.24, 2.45) is 5.92 Å². The van der Waals surface area contributed by atoms with E-state index < -0.39 is 0 Å². The average Bonchev–Trinajstić information content (AvgIpc) is 2.40. The van der Waals surface area contributed by atoms with Crippen LogP contribution in [0.4, 0.5) is 0 Å². The first-order valence-corrected chi connectivity index (χ1v) is 8.43. The predicted octanol–water partition coefficient (Wildman–Crippen LogP) is 6.34. The van der Waals surface area contributed by atoms with Crippen LogP contribution in [0.2, 0.25) is 0 Å². The van der Waals surface area contributed by atoms with Crippen molar-refractivity contribution in [2.75, 3.05) is 6.61 Å². The zero-order chi connectivity index (χ0) is 14.3. The van der Waals surface area contributed by atoms with Crippen molar-refractivity contribution in [1.29, 1.82) is 0 Å². The third-order valence-corrected chi connectivity index (χ3v) is 4.72. The first kappa shape index (κ1) is 16.8. The van der Waals surface area contributed by atoms with Gasteiger partial charge in [0, 0.05) is 4.47 Å². The van der Waals surface area contributed by atoms with Gasteiger partial charge in [-0.15, -0.1) is 11.6 Å². The summed E-state index contributed by atoms with van der Waals surface area (Å²) in [5.74, 6) is 1.43. The lowest BCUT2D eigenvalue weighted by Gasteiger charge is -2.22. The summed E-state index contributed by atoms with van der Waals surface area (Å²) in [6, 6.07) is 6.10. The highest BCUT2D eigenvalue weighted by atomic mass is 79.9. The van der Waals surface area contributed by atoms with Gasteiger partial charge in [0.05, 0.1) is 12.0 Å². The number of hydrogen-bond donors (Lipinski definition) is 0. The maximum atomic E-state index is 6.67. The number of ether oxygens (including phenoxy) is 1. The minimum atomic E-state index is 0.0709. The van der Waals surface area contributed by atoms with E-state index in [0.29, 0.717) is 12.5 Å². The Morgan fingerprint density at radius 1 is 1.26 bits per heavy atom. The van der Waals surface area contributed by atoms with Crippen LogP contribution in [-0.4, -0.2) is 6.61 Å². The Morgan fingerprint density at radius 3 is 2.53 bits per heavy atom. The largest absolute Gasteiger partial charge is 0.494 e. The minimum absolute atomic E-state index is 0.0709. The lowest BCUT2D eigenvalue weighted by molar-refractivity contribution is 0.339. The summed E-state index contributed by atoms with van der Waals surface area (Å²) >= 11 is 10.3. The maximum Gasteiger partial charge on any atom is 0.120 e. The van der Waals surface area contributed by atoms with Gasteiger partial charge in [0.1, 0.15) is 5.75 Å². The van der Waals surface area contributed by atoms with E-state index in [-0.39, 0.29) is 5.38 Å². The van der Waals surface area contributed by atoms with Crippen molar-refractivity contribution < 1.29 is 4.74 Å². The van der Waals surface area contributed by atoms with Crippen LogP contribution in [0.25, 0.3) is 0 Å². The van der Waals surface area contributed by atoms with Crippen LogP contribution in [-0.2, 0) is 0 Å². The molecule has 0 heterocycles. The Hall–Kier alpha value is -0.210. The smallest absolute Gasteiger partial charge is 0.120 e. The molecule has 0 aliphatic carbocycles. The third kappa shape index (κ3) is 5.00. The molecule has 1 aromatic rings. The lowest BCUT2D eigenvalue weighted by atomic mass is 9.91. The number of hydrogen-bond acceptors (Lipinski definition) is 1. The Morgan fingerprint density at radius 2 is 2.00 bits per heavy atom. The van der Waals surface area contributed by atoms with Gasteiger partial charge in [-0.05, 0) is 37.0 Å². The normalized spacial score (nSPS) is 14.2. The fourth-order valence-electron chi connectivity index (χ4n) is 2.27. The van der Waals surface area contributed by atoms with Crippen LogP contribution in [0.3, 0.4) is 0 Å². The molecule has 0 spiro atoms. The van der Waals surface area contributed by atoms with Crippen LogP contribution in [0, 0.1) is 5.92 Å². The van der Waals surface area contributed by atoms with Crippen molar-refractivity contribution in [3.63, 3.8) is 0 Å². The van der Waals surface area contributed by atoms with Crippen molar-refractivity contribution >= 4 is 27.5 Å². The van der Waals surface area contributed by atoms with E-state index in [9.17, 15) is 0 Å². The summed E-state index contributed by atoms with van der Waals surface area (Å²) in [6.07, 6.45) is 4.79. The summed E-state index contributed by atoms with van der Waals surface area (Å²) in [4.78, 5) is 0. The molecule has 0 aromatic heterocycles. The molecule has 0 bridgehead atoms. The maximum absolute atomic E-state index is 6.67. The number of halogens is 2. The van der Waals surface area contributed by atoms with E-state index in [1.54, 1.807) is 0 Å². The molecule has 0 aliphatic heterocycles. The van der Waals surface area contributed by atoms with Gasteiger partial charge in [-0.25, -0.2) is 0 Å². The Balaban J connectivity index is 2.82. The molecule has 0 N–H and O–H groups in total. The molecule has 108 valence electrons. The molecule has 1 nitrogen and oxygen atoms in total. The van der Waals surface area contributed by atoms with E-state index >= 15 is 0 Å². The molecule has 19 heavy (non-hydrogen) atoms. The van der Waals surface area contributed by atoms with Crippen molar-refractivity contribution in [1.82, 2.24) is 0 Å². The summed E-state index contributed by atoms with van der Waals surface area (Å²) < 4.78 is 6.55. The molecule has 0 saturated carbocycles. The van der Waals surface area contributed by atoms with Gasteiger partial charge in [-0.3, -0.25) is 0 Å². The average molecular weight is 348 g/mol. The molecule has 0 amide bonds. The standard InChI is InChI=1S/C16H24BrClO/c1-4-7-8-12(5-2)16(18)14-10-9-13(19-6-3)11-15(14)17/h9-12,16H,4-8H2,1-3H3. The first-order valence-electron chi connectivity index (χ1n) is 7.20. The summed E-state index contributed by atoms with van der Waals surface area (Å²) in [6.45, 7) is 7.12. The Labute approximate surface area is 130 Å². The van der Waals surface area contributed by atoms with E-state index in [2.05, 4.69) is 35.8 Å². The second-order valence-corrected chi connectivity index (χ2v) is 6.15. The Bertz CT molecular complexity index is 381. The molecule has 2 unspecified atom stereocenters. The van der Waals surface area contributed by atoms with Crippen molar-refractivity contribution in [3.05, 3.63) is 28.2 Å². The molecular formula is C16H24BrClO. The number of rotatable bonds is 8. The molecule has 0 saturated heterocycles. The molecule has 0 aliphatic rings. The quantitative estimate of drug-likeness (QED) is 0.498. The third-order valence-electron chi connectivity index (χ3n) is 3.45. The van der Waals surface area contributed by atoms with Gasteiger partial charge in [0.25, 0.3) is 0 Å². The fraction of sp³-hybridized carbons (Fsp3) is 0.625. The second-order valence-electron chi connectivity index (χ2n) is 4.83. The van der Waals surface area contributed by atoms with E-state index in [1.165, 1.54) is 24.8 Å². The summed E-state index contributed by atoms with van der Waals surface area (Å²) in [5.41, 5.74) is 1.17. The minimum Gasteiger partial charge on any atom is -0.494 e.